The Morgan fingerprint density at radius 3 is 1.14 bits per heavy atom. The van der Waals surface area contributed by atoms with Crippen molar-refractivity contribution in [2.75, 3.05) is 12.3 Å². The van der Waals surface area contributed by atoms with Crippen molar-refractivity contribution in [3.8, 4) is 0 Å². The molecule has 1 aliphatic rings. The number of hydrogen-bond donors (Lipinski definition) is 0. The quantitative estimate of drug-likeness (QED) is 0.117. The summed E-state index contributed by atoms with van der Waals surface area (Å²) < 4.78 is 0. The molecule has 1 aliphatic carbocycles. The highest BCUT2D eigenvalue weighted by molar-refractivity contribution is 7.57. The maximum absolute atomic E-state index is 2.46. The van der Waals surface area contributed by atoms with Crippen LogP contribution >= 0.6 is 15.8 Å². The minimum atomic E-state index is -0.315. The van der Waals surface area contributed by atoms with Gasteiger partial charge in [0, 0.05) is 5.41 Å². The highest BCUT2D eigenvalue weighted by Crippen LogP contribution is 2.60. The highest BCUT2D eigenvalue weighted by atomic mass is 31.1. The van der Waals surface area contributed by atoms with Gasteiger partial charge < -0.3 is 0 Å². The van der Waals surface area contributed by atoms with Crippen molar-refractivity contribution in [1.82, 2.24) is 0 Å². The largest absolute Gasteiger partial charge is 0.0968 e. The molecule has 0 N–H and O–H groups in total. The number of benzene rings is 5. The molecule has 0 atom stereocenters. The molecule has 0 saturated carbocycles. The Balaban J connectivity index is 1.40. The zero-order valence-corrected chi connectivity index (χ0v) is 27.3. The molecule has 0 heterocycles. The second kappa shape index (κ2) is 15.4. The fourth-order valence-corrected chi connectivity index (χ4v) is 13.0. The molecule has 0 spiro atoms. The Kier molecular flexibility index (Phi) is 10.7. The van der Waals surface area contributed by atoms with Crippen LogP contribution in [0.5, 0.6) is 0 Å². The maximum atomic E-state index is 2.46. The van der Waals surface area contributed by atoms with Crippen LogP contribution in [-0.4, -0.2) is 12.3 Å². The Bertz CT molecular complexity index is 1440. The van der Waals surface area contributed by atoms with Gasteiger partial charge in [0.05, 0.1) is 0 Å². The van der Waals surface area contributed by atoms with Gasteiger partial charge in [0.15, 0.2) is 0 Å². The molecule has 0 nitrogen and oxygen atoms in total. The van der Waals surface area contributed by atoms with Crippen molar-refractivity contribution >= 4 is 21.4 Å². The molecule has 220 valence electrons. The number of rotatable bonds is 13. The molecular formula is C42H42P2. The van der Waals surface area contributed by atoms with Gasteiger partial charge in [-0.05, 0) is 76.8 Å². The fourth-order valence-electron chi connectivity index (χ4n) is 6.67. The lowest BCUT2D eigenvalue weighted by Crippen LogP contribution is -2.32. The molecule has 44 heavy (non-hydrogen) atoms. The van der Waals surface area contributed by atoms with Crippen LogP contribution in [0, 0.1) is 5.41 Å². The van der Waals surface area contributed by atoms with Gasteiger partial charge in [0.1, 0.15) is 0 Å². The number of hydrogen-bond acceptors (Lipinski definition) is 0. The van der Waals surface area contributed by atoms with E-state index in [1.165, 1.54) is 40.1 Å². The van der Waals surface area contributed by atoms with E-state index in [9.17, 15) is 0 Å². The molecule has 0 unspecified atom stereocenters. The summed E-state index contributed by atoms with van der Waals surface area (Å²) in [5.41, 5.74) is 8.91. The van der Waals surface area contributed by atoms with E-state index in [1.54, 1.807) is 5.57 Å². The van der Waals surface area contributed by atoms with Crippen LogP contribution < -0.4 is 0 Å². The summed E-state index contributed by atoms with van der Waals surface area (Å²) in [5.74, 6) is 0. The molecule has 5 aromatic carbocycles. The van der Waals surface area contributed by atoms with E-state index in [0.717, 1.165) is 31.1 Å². The minimum absolute atomic E-state index is 0.0978. The van der Waals surface area contributed by atoms with Crippen LogP contribution in [0.25, 0.3) is 5.57 Å². The van der Waals surface area contributed by atoms with E-state index in [2.05, 4.69) is 170 Å². The van der Waals surface area contributed by atoms with Crippen molar-refractivity contribution in [1.29, 1.82) is 0 Å². The van der Waals surface area contributed by atoms with Crippen LogP contribution in [0.4, 0.5) is 0 Å². The van der Waals surface area contributed by atoms with Gasteiger partial charge in [0.2, 0.25) is 0 Å². The predicted molar refractivity (Wildman–Crippen MR) is 195 cm³/mol. The highest BCUT2D eigenvalue weighted by Gasteiger charge is 2.39. The van der Waals surface area contributed by atoms with E-state index in [1.807, 2.05) is 0 Å². The van der Waals surface area contributed by atoms with Crippen LogP contribution in [-0.2, 0) is 24.6 Å². The summed E-state index contributed by atoms with van der Waals surface area (Å²) in [7, 11) is -0.630. The Morgan fingerprint density at radius 1 is 0.432 bits per heavy atom. The summed E-state index contributed by atoms with van der Waals surface area (Å²) in [6, 6.07) is 56.2. The molecule has 0 amide bonds. The Morgan fingerprint density at radius 2 is 0.773 bits per heavy atom. The Labute approximate surface area is 267 Å². The molecule has 2 heteroatoms. The van der Waals surface area contributed by atoms with E-state index in [4.69, 9.17) is 0 Å². The first-order chi connectivity index (χ1) is 21.8. The summed E-state index contributed by atoms with van der Waals surface area (Å²) in [4.78, 5) is 0. The normalized spacial score (nSPS) is 14.1. The molecule has 0 saturated heterocycles. The zero-order valence-electron chi connectivity index (χ0n) is 25.5. The van der Waals surface area contributed by atoms with Crippen LogP contribution in [0.2, 0.25) is 0 Å². The number of allylic oxidation sites excluding steroid dienone is 4. The lowest BCUT2D eigenvalue weighted by Gasteiger charge is -2.43. The maximum Gasteiger partial charge on any atom is 0.00722 e. The third-order valence-corrected chi connectivity index (χ3v) is 14.0. The summed E-state index contributed by atoms with van der Waals surface area (Å²) in [5, 5.41) is 0. The molecule has 0 fully saturated rings. The topological polar surface area (TPSA) is 0 Å². The standard InChI is InChI=1S/C42H42P2/c1-6-18-36(19-7-1)30-43(31-37-20-8-2-9-21-37)34-42(29-17-16-28-41(42)40-26-14-5-15-27-40)35-44(32-38-22-10-3-11-23-38)33-39-24-12-4-13-25-39/h1-28H,29-35H2. The summed E-state index contributed by atoms with van der Waals surface area (Å²) in [6.07, 6.45) is 15.5. The monoisotopic (exact) mass is 608 g/mol. The molecule has 0 aliphatic heterocycles. The van der Waals surface area contributed by atoms with E-state index in [-0.39, 0.29) is 21.3 Å². The SMILES string of the molecule is C1=CCC(CP(Cc2ccccc2)Cc2ccccc2)(CP(Cc2ccccc2)Cc2ccccc2)C(c2ccccc2)=C1. The summed E-state index contributed by atoms with van der Waals surface area (Å²) >= 11 is 0. The average molecular weight is 609 g/mol. The van der Waals surface area contributed by atoms with E-state index >= 15 is 0 Å². The third-order valence-electron chi connectivity index (χ3n) is 8.61. The predicted octanol–water partition coefficient (Wildman–Crippen LogP) is 11.8. The van der Waals surface area contributed by atoms with Crippen LogP contribution in [0.1, 0.15) is 34.2 Å². The second-order valence-electron chi connectivity index (χ2n) is 12.1. The first-order valence-corrected chi connectivity index (χ1v) is 19.6. The lowest BCUT2D eigenvalue weighted by atomic mass is 9.75. The first kappa shape index (κ1) is 30.5. The minimum Gasteiger partial charge on any atom is -0.0968 e. The third kappa shape index (κ3) is 8.33. The molecule has 6 rings (SSSR count). The van der Waals surface area contributed by atoms with Crippen molar-refractivity contribution in [2.45, 2.75) is 31.1 Å². The fraction of sp³-hybridized carbons (Fsp3) is 0.190. The van der Waals surface area contributed by atoms with Gasteiger partial charge in [-0.1, -0.05) is 186 Å². The van der Waals surface area contributed by atoms with Gasteiger partial charge >= 0.3 is 0 Å². The van der Waals surface area contributed by atoms with Crippen molar-refractivity contribution in [3.63, 3.8) is 0 Å². The first-order valence-electron chi connectivity index (χ1n) is 15.8. The van der Waals surface area contributed by atoms with Crippen molar-refractivity contribution in [3.05, 3.63) is 198 Å². The Hall–Kier alpha value is -3.56. The zero-order chi connectivity index (χ0) is 29.9. The average Bonchev–Trinajstić information content (AvgIpc) is 3.07. The molecule has 0 aromatic heterocycles. The molecular weight excluding hydrogens is 566 g/mol. The van der Waals surface area contributed by atoms with Crippen LogP contribution in [0.15, 0.2) is 170 Å². The van der Waals surface area contributed by atoms with Gasteiger partial charge in [-0.3, -0.25) is 0 Å². The molecule has 5 aromatic rings. The van der Waals surface area contributed by atoms with Crippen molar-refractivity contribution < 1.29 is 0 Å². The van der Waals surface area contributed by atoms with Gasteiger partial charge in [-0.15, -0.1) is 0 Å². The van der Waals surface area contributed by atoms with Crippen LogP contribution in [0.3, 0.4) is 0 Å². The van der Waals surface area contributed by atoms with E-state index in [0.29, 0.717) is 0 Å². The molecule has 0 bridgehead atoms. The summed E-state index contributed by atoms with van der Waals surface area (Å²) in [6.45, 7) is 0. The smallest absolute Gasteiger partial charge is 0.00722 e. The second-order valence-corrected chi connectivity index (χ2v) is 16.7. The lowest BCUT2D eigenvalue weighted by molar-refractivity contribution is 0.519. The van der Waals surface area contributed by atoms with E-state index < -0.39 is 0 Å². The molecule has 0 radical (unpaired) electrons. The van der Waals surface area contributed by atoms with Gasteiger partial charge in [0.25, 0.3) is 0 Å². The van der Waals surface area contributed by atoms with Gasteiger partial charge in [-0.25, -0.2) is 0 Å². The van der Waals surface area contributed by atoms with Gasteiger partial charge in [-0.2, -0.15) is 0 Å². The van der Waals surface area contributed by atoms with Crippen molar-refractivity contribution in [2.24, 2.45) is 5.41 Å².